The van der Waals surface area contributed by atoms with Crippen LogP contribution in [0.25, 0.3) is 0 Å². The number of amides is 1. The van der Waals surface area contributed by atoms with Crippen molar-refractivity contribution in [2.45, 2.75) is 20.5 Å². The molecule has 0 unspecified atom stereocenters. The molecule has 0 aliphatic carbocycles. The predicted octanol–water partition coefficient (Wildman–Crippen LogP) is 4.96. The molecule has 0 bridgehead atoms. The van der Waals surface area contributed by atoms with E-state index in [4.69, 9.17) is 4.74 Å². The Morgan fingerprint density at radius 2 is 1.96 bits per heavy atom. The van der Waals surface area contributed by atoms with Gasteiger partial charge in [-0.05, 0) is 49.2 Å². The predicted molar refractivity (Wildman–Crippen MR) is 90.4 cm³/mol. The van der Waals surface area contributed by atoms with Crippen molar-refractivity contribution in [3.8, 4) is 5.75 Å². The molecule has 2 aromatic carbocycles. The highest BCUT2D eigenvalue weighted by molar-refractivity contribution is 9.10. The second-order valence-electron chi connectivity index (χ2n) is 5.04. The van der Waals surface area contributed by atoms with Crippen LogP contribution in [-0.4, -0.2) is 13.2 Å². The van der Waals surface area contributed by atoms with Crippen molar-refractivity contribution in [1.29, 1.82) is 0 Å². The van der Waals surface area contributed by atoms with E-state index in [0.29, 0.717) is 11.3 Å². The average Bonchev–Trinajstić information content (AvgIpc) is 2.51. The van der Waals surface area contributed by atoms with Gasteiger partial charge >= 0.3 is 6.09 Å². The minimum atomic E-state index is -0.582. The monoisotopic (exact) mass is 381 g/mol. The lowest BCUT2D eigenvalue weighted by atomic mass is 10.1. The molecular formula is C17H17BrFNO3. The van der Waals surface area contributed by atoms with Gasteiger partial charge in [-0.15, -0.1) is 0 Å². The highest BCUT2D eigenvalue weighted by Gasteiger charge is 2.12. The van der Waals surface area contributed by atoms with Gasteiger partial charge in [-0.2, -0.15) is 0 Å². The number of hydrogen-bond acceptors (Lipinski definition) is 3. The van der Waals surface area contributed by atoms with Gasteiger partial charge in [-0.3, -0.25) is 5.32 Å². The average molecular weight is 382 g/mol. The Kier molecular flexibility index (Phi) is 5.60. The van der Waals surface area contributed by atoms with E-state index < -0.39 is 11.9 Å². The molecule has 1 N–H and O–H groups in total. The van der Waals surface area contributed by atoms with E-state index in [-0.39, 0.29) is 12.4 Å². The number of benzene rings is 2. The van der Waals surface area contributed by atoms with Crippen LogP contribution in [0.15, 0.2) is 34.8 Å². The summed E-state index contributed by atoms with van der Waals surface area (Å²) in [6.45, 7) is 3.83. The van der Waals surface area contributed by atoms with Gasteiger partial charge in [0.05, 0.1) is 12.8 Å². The third-order valence-corrected chi connectivity index (χ3v) is 4.20. The summed E-state index contributed by atoms with van der Waals surface area (Å²) in [7, 11) is 1.29. The van der Waals surface area contributed by atoms with Gasteiger partial charge in [-0.1, -0.05) is 22.0 Å². The molecule has 0 saturated carbocycles. The van der Waals surface area contributed by atoms with Crippen molar-refractivity contribution >= 4 is 27.7 Å². The molecule has 0 aliphatic rings. The number of rotatable bonds is 4. The van der Waals surface area contributed by atoms with Gasteiger partial charge in [0.1, 0.15) is 6.61 Å². The lowest BCUT2D eigenvalue weighted by molar-refractivity contribution is 0.187. The molecule has 0 spiro atoms. The van der Waals surface area contributed by atoms with Gasteiger partial charge in [0.25, 0.3) is 0 Å². The van der Waals surface area contributed by atoms with Gasteiger partial charge in [0, 0.05) is 10.0 Å². The third kappa shape index (κ3) is 4.22. The largest absolute Gasteiger partial charge is 0.486 e. The van der Waals surface area contributed by atoms with E-state index in [2.05, 4.69) is 26.0 Å². The number of anilines is 1. The highest BCUT2D eigenvalue weighted by atomic mass is 79.9. The van der Waals surface area contributed by atoms with E-state index in [1.54, 1.807) is 18.2 Å². The van der Waals surface area contributed by atoms with Crippen LogP contribution in [0.3, 0.4) is 0 Å². The molecule has 1 amide bonds. The maximum atomic E-state index is 14.0. The minimum Gasteiger partial charge on any atom is -0.486 e. The van der Waals surface area contributed by atoms with E-state index in [1.807, 2.05) is 19.9 Å². The maximum absolute atomic E-state index is 14.0. The second-order valence-corrected chi connectivity index (χ2v) is 5.89. The van der Waals surface area contributed by atoms with E-state index in [0.717, 1.165) is 15.6 Å². The van der Waals surface area contributed by atoms with E-state index in [1.165, 1.54) is 13.2 Å². The molecule has 4 nitrogen and oxygen atoms in total. The van der Waals surface area contributed by atoms with Gasteiger partial charge in [0.2, 0.25) is 0 Å². The highest BCUT2D eigenvalue weighted by Crippen LogP contribution is 2.28. The van der Waals surface area contributed by atoms with Crippen LogP contribution in [0.5, 0.6) is 5.75 Å². The Balaban J connectivity index is 2.23. The number of halogens is 2. The maximum Gasteiger partial charge on any atom is 0.411 e. The molecule has 0 heterocycles. The Morgan fingerprint density at radius 1 is 1.26 bits per heavy atom. The SMILES string of the molecule is COC(=O)Nc1cccc(Br)c1COc1cc(C)c(C)cc1F. The first-order valence-electron chi connectivity index (χ1n) is 6.94. The molecule has 23 heavy (non-hydrogen) atoms. The Morgan fingerprint density at radius 3 is 2.65 bits per heavy atom. The summed E-state index contributed by atoms with van der Waals surface area (Å²) in [6, 6.07) is 8.41. The summed E-state index contributed by atoms with van der Waals surface area (Å²) in [6.07, 6.45) is -0.582. The summed E-state index contributed by atoms with van der Waals surface area (Å²) < 4.78 is 24.9. The lowest BCUT2D eigenvalue weighted by Gasteiger charge is -2.14. The zero-order valence-corrected chi connectivity index (χ0v) is 14.7. The smallest absolute Gasteiger partial charge is 0.411 e. The molecule has 0 radical (unpaired) electrons. The second kappa shape index (κ2) is 7.46. The fraction of sp³-hybridized carbons (Fsp3) is 0.235. The zero-order valence-electron chi connectivity index (χ0n) is 13.1. The minimum absolute atomic E-state index is 0.0974. The number of nitrogens with one attached hydrogen (secondary N) is 1. The zero-order chi connectivity index (χ0) is 17.0. The van der Waals surface area contributed by atoms with Crippen LogP contribution in [0.4, 0.5) is 14.9 Å². The lowest BCUT2D eigenvalue weighted by Crippen LogP contribution is -2.13. The van der Waals surface area contributed by atoms with E-state index >= 15 is 0 Å². The number of hydrogen-bond donors (Lipinski definition) is 1. The van der Waals surface area contributed by atoms with Gasteiger partial charge < -0.3 is 9.47 Å². The van der Waals surface area contributed by atoms with Crippen LogP contribution >= 0.6 is 15.9 Å². The van der Waals surface area contributed by atoms with Crippen LogP contribution in [0.2, 0.25) is 0 Å². The normalized spacial score (nSPS) is 10.3. The molecule has 2 rings (SSSR count). The summed E-state index contributed by atoms with van der Waals surface area (Å²) >= 11 is 3.41. The van der Waals surface area contributed by atoms with Crippen LogP contribution in [0.1, 0.15) is 16.7 Å². The quantitative estimate of drug-likeness (QED) is 0.813. The summed E-state index contributed by atoms with van der Waals surface area (Å²) in [5, 5.41) is 2.61. The van der Waals surface area contributed by atoms with Crippen LogP contribution in [-0.2, 0) is 11.3 Å². The first-order chi connectivity index (χ1) is 10.9. The third-order valence-electron chi connectivity index (χ3n) is 3.46. The van der Waals surface area contributed by atoms with Crippen molar-refractivity contribution in [2.24, 2.45) is 0 Å². The van der Waals surface area contributed by atoms with Crippen LogP contribution in [0, 0.1) is 19.7 Å². The number of ether oxygens (including phenoxy) is 2. The van der Waals surface area contributed by atoms with Crippen molar-refractivity contribution in [2.75, 3.05) is 12.4 Å². The number of carbonyl (C=O) groups excluding carboxylic acids is 1. The van der Waals surface area contributed by atoms with Crippen molar-refractivity contribution in [3.05, 3.63) is 57.3 Å². The molecule has 122 valence electrons. The van der Waals surface area contributed by atoms with Gasteiger partial charge in [-0.25, -0.2) is 9.18 Å². The number of carbonyl (C=O) groups is 1. The number of methoxy groups -OCH3 is 1. The molecule has 0 atom stereocenters. The summed E-state index contributed by atoms with van der Waals surface area (Å²) in [4.78, 5) is 11.4. The standard InChI is InChI=1S/C17H17BrFNO3/c1-10-7-14(19)16(8-11(10)2)23-9-12-13(18)5-4-6-15(12)20-17(21)22-3/h4-8H,9H2,1-3H3,(H,20,21). The Labute approximate surface area is 142 Å². The topological polar surface area (TPSA) is 47.6 Å². The fourth-order valence-corrected chi connectivity index (χ4v) is 2.48. The molecule has 0 aliphatic heterocycles. The first-order valence-corrected chi connectivity index (χ1v) is 7.73. The molecule has 0 fully saturated rings. The van der Waals surface area contributed by atoms with Crippen molar-refractivity contribution in [3.63, 3.8) is 0 Å². The molecule has 2 aromatic rings. The fourth-order valence-electron chi connectivity index (χ4n) is 2.00. The summed E-state index contributed by atoms with van der Waals surface area (Å²) in [5.41, 5.74) is 3.04. The van der Waals surface area contributed by atoms with Crippen molar-refractivity contribution < 1.29 is 18.7 Å². The van der Waals surface area contributed by atoms with Crippen LogP contribution < -0.4 is 10.1 Å². The molecule has 6 heteroatoms. The van der Waals surface area contributed by atoms with E-state index in [9.17, 15) is 9.18 Å². The molecular weight excluding hydrogens is 365 g/mol. The molecule has 0 aromatic heterocycles. The molecule has 0 saturated heterocycles. The van der Waals surface area contributed by atoms with Gasteiger partial charge in [0.15, 0.2) is 11.6 Å². The summed E-state index contributed by atoms with van der Waals surface area (Å²) in [5.74, 6) is -0.240. The Hall–Kier alpha value is -2.08. The van der Waals surface area contributed by atoms with Crippen molar-refractivity contribution in [1.82, 2.24) is 0 Å². The Bertz CT molecular complexity index is 734. The first kappa shape index (κ1) is 17.3. The number of aryl methyl sites for hydroxylation is 2.